The fraction of sp³-hybridized carbons (Fsp3) is 0.318. The van der Waals surface area contributed by atoms with Crippen LogP contribution in [0.15, 0.2) is 48.5 Å². The Hall–Kier alpha value is -3.35. The van der Waals surface area contributed by atoms with Crippen molar-refractivity contribution in [2.24, 2.45) is 5.92 Å². The van der Waals surface area contributed by atoms with Crippen LogP contribution in [0.2, 0.25) is 0 Å². The molecule has 0 fully saturated rings. The largest absolute Gasteiger partial charge is 0.481 e. The molecule has 0 heterocycles. The normalized spacial score (nSPS) is 13.1. The average molecular weight is 396 g/mol. The summed E-state index contributed by atoms with van der Waals surface area (Å²) in [6, 6.07) is 16.2. The molecule has 7 heteroatoms. The Labute approximate surface area is 169 Å². The molecule has 0 spiro atoms. The number of carbonyl (C=O) groups excluding carboxylic acids is 2. The van der Waals surface area contributed by atoms with E-state index in [9.17, 15) is 14.4 Å². The zero-order valence-corrected chi connectivity index (χ0v) is 16.2. The van der Waals surface area contributed by atoms with Crippen molar-refractivity contribution in [1.82, 2.24) is 10.6 Å². The summed E-state index contributed by atoms with van der Waals surface area (Å²) in [5.74, 6) is -1.97. The van der Waals surface area contributed by atoms with E-state index in [4.69, 9.17) is 9.84 Å². The van der Waals surface area contributed by atoms with E-state index in [1.165, 1.54) is 6.92 Å². The van der Waals surface area contributed by atoms with E-state index in [-0.39, 0.29) is 37.9 Å². The number of aliphatic carboxylic acids is 1. The van der Waals surface area contributed by atoms with Crippen LogP contribution < -0.4 is 10.6 Å². The zero-order valence-electron chi connectivity index (χ0n) is 16.2. The van der Waals surface area contributed by atoms with Crippen LogP contribution in [0.3, 0.4) is 0 Å². The second-order valence-corrected chi connectivity index (χ2v) is 7.05. The molecule has 0 bridgehead atoms. The number of ether oxygens (including phenoxy) is 1. The smallest absolute Gasteiger partial charge is 0.407 e. The molecular weight excluding hydrogens is 372 g/mol. The molecule has 2 aromatic rings. The van der Waals surface area contributed by atoms with Crippen LogP contribution in [0.5, 0.6) is 0 Å². The van der Waals surface area contributed by atoms with Crippen LogP contribution >= 0.6 is 0 Å². The van der Waals surface area contributed by atoms with Gasteiger partial charge in [-0.25, -0.2) is 4.79 Å². The number of amides is 2. The lowest BCUT2D eigenvalue weighted by molar-refractivity contribution is -0.141. The third-order valence-electron chi connectivity index (χ3n) is 4.99. The minimum Gasteiger partial charge on any atom is -0.481 e. The van der Waals surface area contributed by atoms with Crippen LogP contribution in [0.25, 0.3) is 11.1 Å². The molecule has 29 heavy (non-hydrogen) atoms. The number of hydrogen-bond acceptors (Lipinski definition) is 4. The molecule has 0 radical (unpaired) electrons. The molecule has 2 aromatic carbocycles. The van der Waals surface area contributed by atoms with E-state index in [2.05, 4.69) is 22.8 Å². The van der Waals surface area contributed by atoms with Crippen molar-refractivity contribution in [3.63, 3.8) is 0 Å². The first-order chi connectivity index (χ1) is 14.0. The molecule has 3 rings (SSSR count). The maximum Gasteiger partial charge on any atom is 0.407 e. The average Bonchev–Trinajstić information content (AvgIpc) is 3.04. The zero-order chi connectivity index (χ0) is 20.8. The van der Waals surface area contributed by atoms with Gasteiger partial charge in [0, 0.05) is 25.4 Å². The van der Waals surface area contributed by atoms with Crippen LogP contribution in [0, 0.1) is 5.92 Å². The molecule has 0 aromatic heterocycles. The first kappa shape index (κ1) is 20.4. The lowest BCUT2D eigenvalue weighted by atomic mass is 9.98. The molecule has 0 aliphatic heterocycles. The highest BCUT2D eigenvalue weighted by atomic mass is 16.5. The van der Waals surface area contributed by atoms with Crippen molar-refractivity contribution < 1.29 is 24.2 Å². The standard InChI is InChI=1S/C22H24N2O5/c1-14(21(26)27)12-24-20(25)10-11-23-22(28)29-13-19-17-8-4-2-6-15(17)16-7-3-5-9-18(16)19/h2-9,14,19H,10-13H2,1H3,(H,23,28)(H,24,25)(H,26,27). The number of fused-ring (bicyclic) bond motifs is 3. The quantitative estimate of drug-likeness (QED) is 0.636. The number of nitrogens with one attached hydrogen (secondary N) is 2. The van der Waals surface area contributed by atoms with Gasteiger partial charge in [0.05, 0.1) is 5.92 Å². The molecule has 1 atom stereocenters. The van der Waals surface area contributed by atoms with Crippen molar-refractivity contribution in [2.45, 2.75) is 19.3 Å². The molecule has 1 aliphatic carbocycles. The van der Waals surface area contributed by atoms with E-state index < -0.39 is 18.0 Å². The molecule has 0 saturated carbocycles. The van der Waals surface area contributed by atoms with Crippen LogP contribution in [0.1, 0.15) is 30.4 Å². The second kappa shape index (κ2) is 9.23. The Morgan fingerprint density at radius 2 is 1.59 bits per heavy atom. The van der Waals surface area contributed by atoms with Crippen molar-refractivity contribution in [2.75, 3.05) is 19.7 Å². The fourth-order valence-electron chi connectivity index (χ4n) is 3.37. The topological polar surface area (TPSA) is 105 Å². The fourth-order valence-corrected chi connectivity index (χ4v) is 3.37. The predicted octanol–water partition coefficient (Wildman–Crippen LogP) is 2.75. The summed E-state index contributed by atoms with van der Waals surface area (Å²) >= 11 is 0. The first-order valence-electron chi connectivity index (χ1n) is 9.55. The SMILES string of the molecule is CC(CNC(=O)CCNC(=O)OCC1c2ccccc2-c2ccccc21)C(=O)O. The highest BCUT2D eigenvalue weighted by Crippen LogP contribution is 2.44. The third-order valence-corrected chi connectivity index (χ3v) is 4.99. The molecule has 3 N–H and O–H groups in total. The lowest BCUT2D eigenvalue weighted by Crippen LogP contribution is -2.34. The lowest BCUT2D eigenvalue weighted by Gasteiger charge is -2.14. The Morgan fingerprint density at radius 3 is 2.17 bits per heavy atom. The molecule has 0 saturated heterocycles. The van der Waals surface area contributed by atoms with Gasteiger partial charge in [-0.3, -0.25) is 9.59 Å². The Balaban J connectivity index is 1.46. The van der Waals surface area contributed by atoms with Crippen molar-refractivity contribution >= 4 is 18.0 Å². The highest BCUT2D eigenvalue weighted by Gasteiger charge is 2.28. The second-order valence-electron chi connectivity index (χ2n) is 7.05. The Morgan fingerprint density at radius 1 is 1.00 bits per heavy atom. The monoisotopic (exact) mass is 396 g/mol. The van der Waals surface area contributed by atoms with Crippen LogP contribution in [-0.2, 0) is 14.3 Å². The number of benzene rings is 2. The number of carboxylic acid groups (broad SMARTS) is 1. The van der Waals surface area contributed by atoms with E-state index in [1.54, 1.807) is 0 Å². The highest BCUT2D eigenvalue weighted by molar-refractivity contribution is 5.79. The van der Waals surface area contributed by atoms with E-state index >= 15 is 0 Å². The summed E-state index contributed by atoms with van der Waals surface area (Å²) in [4.78, 5) is 34.4. The minimum atomic E-state index is -0.970. The van der Waals surface area contributed by atoms with Gasteiger partial charge in [-0.05, 0) is 22.3 Å². The summed E-state index contributed by atoms with van der Waals surface area (Å²) in [5, 5.41) is 13.9. The Kier molecular flexibility index (Phi) is 6.49. The van der Waals surface area contributed by atoms with Gasteiger partial charge >= 0.3 is 12.1 Å². The van der Waals surface area contributed by atoms with Gasteiger partial charge in [-0.1, -0.05) is 55.5 Å². The molecular formula is C22H24N2O5. The maximum absolute atomic E-state index is 12.0. The van der Waals surface area contributed by atoms with Crippen molar-refractivity contribution in [1.29, 1.82) is 0 Å². The van der Waals surface area contributed by atoms with Gasteiger partial charge in [0.15, 0.2) is 0 Å². The number of carbonyl (C=O) groups is 3. The number of hydrogen-bond donors (Lipinski definition) is 3. The number of carboxylic acids is 1. The maximum atomic E-state index is 12.0. The van der Waals surface area contributed by atoms with Crippen LogP contribution in [0.4, 0.5) is 4.79 Å². The molecule has 2 amide bonds. The summed E-state index contributed by atoms with van der Waals surface area (Å²) in [6.45, 7) is 1.89. The Bertz CT molecular complexity index is 866. The molecule has 152 valence electrons. The first-order valence-corrected chi connectivity index (χ1v) is 9.55. The molecule has 1 aliphatic rings. The van der Waals surface area contributed by atoms with Crippen LogP contribution in [-0.4, -0.2) is 42.8 Å². The summed E-state index contributed by atoms with van der Waals surface area (Å²) < 4.78 is 5.39. The third kappa shape index (κ3) is 4.93. The van der Waals surface area contributed by atoms with Gasteiger partial charge in [0.25, 0.3) is 0 Å². The summed E-state index contributed by atoms with van der Waals surface area (Å²) in [5.41, 5.74) is 4.58. The van der Waals surface area contributed by atoms with Gasteiger partial charge < -0.3 is 20.5 Å². The van der Waals surface area contributed by atoms with Gasteiger partial charge in [0.1, 0.15) is 6.61 Å². The van der Waals surface area contributed by atoms with Gasteiger partial charge in [0.2, 0.25) is 5.91 Å². The predicted molar refractivity (Wildman–Crippen MR) is 107 cm³/mol. The molecule has 1 unspecified atom stereocenters. The molecule has 7 nitrogen and oxygen atoms in total. The van der Waals surface area contributed by atoms with Gasteiger partial charge in [-0.15, -0.1) is 0 Å². The minimum absolute atomic E-state index is 0.0195. The van der Waals surface area contributed by atoms with Crippen molar-refractivity contribution in [3.05, 3.63) is 59.7 Å². The van der Waals surface area contributed by atoms with Gasteiger partial charge in [-0.2, -0.15) is 0 Å². The summed E-state index contributed by atoms with van der Waals surface area (Å²) in [6.07, 6.45) is -0.533. The van der Waals surface area contributed by atoms with E-state index in [0.717, 1.165) is 22.3 Å². The number of rotatable bonds is 8. The summed E-state index contributed by atoms with van der Waals surface area (Å²) in [7, 11) is 0. The van der Waals surface area contributed by atoms with E-state index in [1.807, 2.05) is 36.4 Å². The number of alkyl carbamates (subject to hydrolysis) is 1. The van der Waals surface area contributed by atoms with Crippen molar-refractivity contribution in [3.8, 4) is 11.1 Å². The van der Waals surface area contributed by atoms with E-state index in [0.29, 0.717) is 0 Å².